The number of hydroxylamine groups is 1. The van der Waals surface area contributed by atoms with E-state index in [1.54, 1.807) is 11.6 Å². The van der Waals surface area contributed by atoms with E-state index in [1.807, 2.05) is 12.1 Å². The van der Waals surface area contributed by atoms with Gasteiger partial charge < -0.3 is 4.57 Å². The standard InChI is InChI=1S/C24H27N3O2/c1-18-17-21-5-2-3-6-23(21)27(18)16-15-26-14-4-7-22(26)20-11-8-19(9-12-20)10-13-24(28)25-29/h2-3,5-6,8-13,17,22,29H,4,7,14-16H2,1H3,(H,25,28). The van der Waals surface area contributed by atoms with E-state index in [1.165, 1.54) is 41.1 Å². The maximum atomic E-state index is 11.1. The number of fused-ring (bicyclic) bond motifs is 1. The third-order valence-electron chi connectivity index (χ3n) is 5.85. The number of para-hydroxylation sites is 1. The maximum absolute atomic E-state index is 11.1. The molecule has 1 atom stereocenters. The first-order valence-corrected chi connectivity index (χ1v) is 10.2. The molecule has 150 valence electrons. The molecule has 1 unspecified atom stereocenters. The number of carbonyl (C=O) groups is 1. The monoisotopic (exact) mass is 389 g/mol. The Bertz CT molecular complexity index is 1020. The van der Waals surface area contributed by atoms with E-state index in [9.17, 15) is 4.79 Å². The molecule has 5 nitrogen and oxygen atoms in total. The summed E-state index contributed by atoms with van der Waals surface area (Å²) in [6.07, 6.45) is 5.41. The Balaban J connectivity index is 1.44. The number of carbonyl (C=O) groups excluding carboxylic acids is 1. The summed E-state index contributed by atoms with van der Waals surface area (Å²) in [4.78, 5) is 13.7. The summed E-state index contributed by atoms with van der Waals surface area (Å²) in [6, 6.07) is 19.6. The topological polar surface area (TPSA) is 57.5 Å². The SMILES string of the molecule is Cc1cc2ccccc2n1CCN1CCCC1c1ccc(C=CC(=O)NO)cc1. The summed E-state index contributed by atoms with van der Waals surface area (Å²) >= 11 is 0. The van der Waals surface area contributed by atoms with Crippen molar-refractivity contribution in [3.05, 3.63) is 77.5 Å². The van der Waals surface area contributed by atoms with Crippen molar-refractivity contribution in [1.29, 1.82) is 0 Å². The third-order valence-corrected chi connectivity index (χ3v) is 5.85. The lowest BCUT2D eigenvalue weighted by atomic mass is 10.0. The Morgan fingerprint density at radius 3 is 2.76 bits per heavy atom. The second kappa shape index (κ2) is 8.64. The number of likely N-dealkylation sites (tertiary alicyclic amines) is 1. The number of nitrogens with one attached hydrogen (secondary N) is 1. The molecule has 1 amide bonds. The number of aryl methyl sites for hydroxylation is 1. The van der Waals surface area contributed by atoms with Crippen LogP contribution in [0, 0.1) is 6.92 Å². The van der Waals surface area contributed by atoms with Crippen LogP contribution in [0.15, 0.2) is 60.7 Å². The van der Waals surface area contributed by atoms with Crippen LogP contribution in [0.2, 0.25) is 0 Å². The first kappa shape index (κ1) is 19.4. The molecule has 1 saturated heterocycles. The number of nitrogens with zero attached hydrogens (tertiary/aromatic N) is 2. The molecular weight excluding hydrogens is 362 g/mol. The van der Waals surface area contributed by atoms with Crippen LogP contribution in [0.5, 0.6) is 0 Å². The summed E-state index contributed by atoms with van der Waals surface area (Å²) in [5.74, 6) is -0.524. The molecule has 3 aromatic rings. The normalized spacial score (nSPS) is 17.4. The zero-order valence-electron chi connectivity index (χ0n) is 16.7. The van der Waals surface area contributed by atoms with Gasteiger partial charge >= 0.3 is 0 Å². The molecule has 0 radical (unpaired) electrons. The van der Waals surface area contributed by atoms with Crippen molar-refractivity contribution < 1.29 is 10.0 Å². The first-order chi connectivity index (χ1) is 14.2. The van der Waals surface area contributed by atoms with E-state index in [2.05, 4.69) is 58.9 Å². The van der Waals surface area contributed by atoms with Gasteiger partial charge in [-0.3, -0.25) is 14.9 Å². The summed E-state index contributed by atoms with van der Waals surface area (Å²) in [6.45, 7) is 5.33. The van der Waals surface area contributed by atoms with Crippen molar-refractivity contribution in [2.75, 3.05) is 13.1 Å². The third kappa shape index (κ3) is 4.26. The fourth-order valence-electron chi connectivity index (χ4n) is 4.38. The highest BCUT2D eigenvalue weighted by Gasteiger charge is 2.25. The van der Waals surface area contributed by atoms with Gasteiger partial charge in [-0.25, -0.2) is 5.48 Å². The highest BCUT2D eigenvalue weighted by atomic mass is 16.5. The molecule has 4 rings (SSSR count). The number of hydrogen-bond acceptors (Lipinski definition) is 3. The minimum Gasteiger partial charge on any atom is -0.344 e. The predicted octanol–water partition coefficient (Wildman–Crippen LogP) is 4.31. The molecule has 1 aliphatic heterocycles. The van der Waals surface area contributed by atoms with Crippen molar-refractivity contribution in [1.82, 2.24) is 14.9 Å². The van der Waals surface area contributed by atoms with E-state index in [4.69, 9.17) is 5.21 Å². The molecule has 2 N–H and O–H groups in total. The van der Waals surface area contributed by atoms with Crippen LogP contribution in [0.3, 0.4) is 0 Å². The minimum absolute atomic E-state index is 0.441. The maximum Gasteiger partial charge on any atom is 0.267 e. The lowest BCUT2D eigenvalue weighted by Crippen LogP contribution is -2.27. The second-order valence-electron chi connectivity index (χ2n) is 7.67. The molecule has 0 spiro atoms. The largest absolute Gasteiger partial charge is 0.344 e. The van der Waals surface area contributed by atoms with Gasteiger partial charge in [0.15, 0.2) is 0 Å². The number of amides is 1. The van der Waals surface area contributed by atoms with Gasteiger partial charge in [0.25, 0.3) is 5.91 Å². The molecular formula is C24H27N3O2. The second-order valence-corrected chi connectivity index (χ2v) is 7.67. The zero-order valence-corrected chi connectivity index (χ0v) is 16.7. The quantitative estimate of drug-likeness (QED) is 0.375. The van der Waals surface area contributed by atoms with Crippen LogP contribution in [-0.4, -0.2) is 33.7 Å². The average molecular weight is 389 g/mol. The number of aromatic nitrogens is 1. The highest BCUT2D eigenvalue weighted by Crippen LogP contribution is 2.32. The van der Waals surface area contributed by atoms with Crippen molar-refractivity contribution in [3.8, 4) is 0 Å². The van der Waals surface area contributed by atoms with Gasteiger partial charge in [-0.1, -0.05) is 42.5 Å². The lowest BCUT2D eigenvalue weighted by molar-refractivity contribution is -0.124. The predicted molar refractivity (Wildman–Crippen MR) is 116 cm³/mol. The van der Waals surface area contributed by atoms with E-state index in [0.717, 1.165) is 25.2 Å². The van der Waals surface area contributed by atoms with Crippen molar-refractivity contribution in [2.45, 2.75) is 32.4 Å². The smallest absolute Gasteiger partial charge is 0.267 e. The fourth-order valence-corrected chi connectivity index (χ4v) is 4.38. The molecule has 1 aromatic heterocycles. The van der Waals surface area contributed by atoms with Crippen molar-refractivity contribution in [2.24, 2.45) is 0 Å². The Morgan fingerprint density at radius 2 is 1.97 bits per heavy atom. The molecule has 0 aliphatic carbocycles. The van der Waals surface area contributed by atoms with Gasteiger partial charge in [0.1, 0.15) is 0 Å². The number of hydrogen-bond donors (Lipinski definition) is 2. The number of benzene rings is 2. The summed E-state index contributed by atoms with van der Waals surface area (Å²) < 4.78 is 2.42. The van der Waals surface area contributed by atoms with Gasteiger partial charge in [0.2, 0.25) is 0 Å². The Kier molecular flexibility index (Phi) is 5.79. The molecule has 1 fully saturated rings. The number of rotatable bonds is 6. The van der Waals surface area contributed by atoms with Gasteiger partial charge in [-0.2, -0.15) is 0 Å². The Labute approximate surface area is 171 Å². The molecule has 2 aromatic carbocycles. The fraction of sp³-hybridized carbons (Fsp3) is 0.292. The lowest BCUT2D eigenvalue weighted by Gasteiger charge is -2.25. The Morgan fingerprint density at radius 1 is 1.17 bits per heavy atom. The molecule has 29 heavy (non-hydrogen) atoms. The molecule has 1 aliphatic rings. The molecule has 2 heterocycles. The average Bonchev–Trinajstić information content (AvgIpc) is 3.34. The van der Waals surface area contributed by atoms with Gasteiger partial charge in [0, 0.05) is 36.4 Å². The van der Waals surface area contributed by atoms with E-state index in [0.29, 0.717) is 6.04 Å². The van der Waals surface area contributed by atoms with E-state index >= 15 is 0 Å². The van der Waals surface area contributed by atoms with Gasteiger partial charge in [-0.05, 0) is 61.0 Å². The van der Waals surface area contributed by atoms with Crippen LogP contribution in [-0.2, 0) is 11.3 Å². The van der Waals surface area contributed by atoms with E-state index in [-0.39, 0.29) is 0 Å². The first-order valence-electron chi connectivity index (χ1n) is 10.2. The van der Waals surface area contributed by atoms with E-state index < -0.39 is 5.91 Å². The van der Waals surface area contributed by atoms with Crippen LogP contribution in [0.1, 0.15) is 35.7 Å². The van der Waals surface area contributed by atoms with Crippen LogP contribution >= 0.6 is 0 Å². The highest BCUT2D eigenvalue weighted by molar-refractivity contribution is 5.90. The molecule has 5 heteroatoms. The summed E-state index contributed by atoms with van der Waals surface area (Å²) in [7, 11) is 0. The Hall–Kier alpha value is -2.89. The van der Waals surface area contributed by atoms with Crippen molar-refractivity contribution >= 4 is 22.9 Å². The van der Waals surface area contributed by atoms with Gasteiger partial charge in [-0.15, -0.1) is 0 Å². The minimum atomic E-state index is -0.524. The summed E-state index contributed by atoms with van der Waals surface area (Å²) in [5, 5.41) is 9.87. The van der Waals surface area contributed by atoms with Crippen molar-refractivity contribution in [3.63, 3.8) is 0 Å². The van der Waals surface area contributed by atoms with Crippen LogP contribution < -0.4 is 5.48 Å². The van der Waals surface area contributed by atoms with Crippen LogP contribution in [0.4, 0.5) is 0 Å². The van der Waals surface area contributed by atoms with Crippen LogP contribution in [0.25, 0.3) is 17.0 Å². The van der Waals surface area contributed by atoms with Gasteiger partial charge in [0.05, 0.1) is 0 Å². The summed E-state index contributed by atoms with van der Waals surface area (Å²) in [5.41, 5.74) is 6.48. The molecule has 0 saturated carbocycles. The molecule has 0 bridgehead atoms. The zero-order chi connectivity index (χ0) is 20.2.